The summed E-state index contributed by atoms with van der Waals surface area (Å²) in [5, 5.41) is 0.621. The number of halogens is 3. The highest BCUT2D eigenvalue weighted by Gasteiger charge is 2.26. The van der Waals surface area contributed by atoms with E-state index in [0.717, 1.165) is 23.4 Å². The van der Waals surface area contributed by atoms with Gasteiger partial charge in [-0.05, 0) is 28.9 Å². The second-order valence-corrected chi connectivity index (χ2v) is 5.69. The van der Waals surface area contributed by atoms with Gasteiger partial charge in [-0.1, -0.05) is 11.6 Å². The van der Waals surface area contributed by atoms with Gasteiger partial charge in [0.25, 0.3) is 0 Å². The maximum atomic E-state index is 5.88. The summed E-state index contributed by atoms with van der Waals surface area (Å²) in [6.07, 6.45) is 1.85. The molecule has 0 amide bonds. The lowest BCUT2D eigenvalue weighted by atomic mass is 10.2. The van der Waals surface area contributed by atoms with Crippen LogP contribution in [0.5, 0.6) is 0 Å². The molecule has 1 fully saturated rings. The number of pyridine rings is 1. The van der Waals surface area contributed by atoms with Crippen molar-refractivity contribution in [2.75, 3.05) is 23.9 Å². The molecule has 0 radical (unpaired) electrons. The van der Waals surface area contributed by atoms with Gasteiger partial charge in [0.2, 0.25) is 0 Å². The molecule has 17 heavy (non-hydrogen) atoms. The van der Waals surface area contributed by atoms with Crippen molar-refractivity contribution in [3.63, 3.8) is 0 Å². The van der Waals surface area contributed by atoms with Crippen molar-refractivity contribution in [1.82, 2.24) is 4.98 Å². The van der Waals surface area contributed by atoms with Crippen LogP contribution in [0.15, 0.2) is 16.7 Å². The molecule has 1 aromatic heterocycles. The van der Waals surface area contributed by atoms with E-state index in [-0.39, 0.29) is 12.2 Å². The van der Waals surface area contributed by atoms with Gasteiger partial charge in [0, 0.05) is 19.3 Å². The molecule has 2 atom stereocenters. The van der Waals surface area contributed by atoms with Crippen molar-refractivity contribution in [2.24, 2.45) is 0 Å². The van der Waals surface area contributed by atoms with Gasteiger partial charge in [0.05, 0.1) is 27.6 Å². The van der Waals surface area contributed by atoms with E-state index in [1.807, 2.05) is 13.0 Å². The minimum absolute atomic E-state index is 0.0461. The Balaban J connectivity index is 2.20. The number of anilines is 1. The highest BCUT2D eigenvalue weighted by Crippen LogP contribution is 2.28. The lowest BCUT2D eigenvalue weighted by molar-refractivity contribution is -0.00361. The average Bonchev–Trinajstić information content (AvgIpc) is 2.28. The number of aromatic nitrogens is 1. The Labute approximate surface area is 119 Å². The van der Waals surface area contributed by atoms with Crippen LogP contribution in [0.25, 0.3) is 0 Å². The van der Waals surface area contributed by atoms with Crippen molar-refractivity contribution in [2.45, 2.75) is 19.1 Å². The van der Waals surface area contributed by atoms with Gasteiger partial charge in [-0.3, -0.25) is 0 Å². The Morgan fingerprint density at radius 3 is 3.00 bits per heavy atom. The summed E-state index contributed by atoms with van der Waals surface area (Å²) in [4.78, 5) is 6.52. The fraction of sp³-hybridized carbons (Fsp3) is 0.545. The smallest absolute Gasteiger partial charge is 0.143 e. The molecule has 1 aliphatic heterocycles. The first-order valence-corrected chi connectivity index (χ1v) is 7.08. The van der Waals surface area contributed by atoms with E-state index in [9.17, 15) is 0 Å². The Morgan fingerprint density at radius 2 is 2.35 bits per heavy atom. The third-order valence-electron chi connectivity index (χ3n) is 2.59. The first kappa shape index (κ1) is 13.4. The van der Waals surface area contributed by atoms with Crippen molar-refractivity contribution >= 4 is 44.9 Å². The zero-order valence-electron chi connectivity index (χ0n) is 9.37. The summed E-state index contributed by atoms with van der Waals surface area (Å²) in [7, 11) is 0. The third kappa shape index (κ3) is 3.25. The molecule has 0 bridgehead atoms. The van der Waals surface area contributed by atoms with Crippen LogP contribution in [0.4, 0.5) is 5.82 Å². The van der Waals surface area contributed by atoms with Gasteiger partial charge in [-0.25, -0.2) is 4.98 Å². The van der Waals surface area contributed by atoms with Crippen LogP contribution in [0.1, 0.15) is 6.92 Å². The zero-order chi connectivity index (χ0) is 12.4. The second-order valence-electron chi connectivity index (χ2n) is 4.09. The normalized spacial score (nSPS) is 25.1. The number of ether oxygens (including phenoxy) is 1. The van der Waals surface area contributed by atoms with Crippen molar-refractivity contribution in [3.8, 4) is 0 Å². The van der Waals surface area contributed by atoms with Crippen LogP contribution >= 0.6 is 39.1 Å². The number of alkyl halides is 1. The van der Waals surface area contributed by atoms with E-state index in [1.165, 1.54) is 0 Å². The highest BCUT2D eigenvalue weighted by atomic mass is 79.9. The molecule has 6 heteroatoms. The molecule has 1 saturated heterocycles. The van der Waals surface area contributed by atoms with E-state index in [0.29, 0.717) is 10.9 Å². The van der Waals surface area contributed by atoms with Crippen molar-refractivity contribution in [1.29, 1.82) is 0 Å². The van der Waals surface area contributed by atoms with Crippen LogP contribution < -0.4 is 4.90 Å². The molecule has 3 nitrogen and oxygen atoms in total. The Kier molecular flexibility index (Phi) is 4.53. The molecular weight excluding hydrogens is 327 g/mol. The van der Waals surface area contributed by atoms with Crippen LogP contribution in [-0.4, -0.2) is 36.2 Å². The molecule has 0 saturated carbocycles. The van der Waals surface area contributed by atoms with Crippen LogP contribution in [-0.2, 0) is 4.74 Å². The predicted octanol–water partition coefficient (Wildman–Crippen LogP) is 3.33. The largest absolute Gasteiger partial charge is 0.370 e. The van der Waals surface area contributed by atoms with Gasteiger partial charge >= 0.3 is 0 Å². The molecular formula is C11H13BrCl2N2O. The summed E-state index contributed by atoms with van der Waals surface area (Å²) in [5.41, 5.74) is 0. The maximum absolute atomic E-state index is 5.88. The molecule has 0 aromatic carbocycles. The average molecular weight is 340 g/mol. The molecule has 0 spiro atoms. The van der Waals surface area contributed by atoms with Crippen molar-refractivity contribution in [3.05, 3.63) is 21.8 Å². The molecule has 2 heterocycles. The number of hydrogen-bond acceptors (Lipinski definition) is 3. The fourth-order valence-electron chi connectivity index (χ4n) is 1.94. The number of hydrogen-bond donors (Lipinski definition) is 0. The lowest BCUT2D eigenvalue weighted by Gasteiger charge is -2.37. The van der Waals surface area contributed by atoms with Gasteiger partial charge in [0.15, 0.2) is 0 Å². The highest BCUT2D eigenvalue weighted by molar-refractivity contribution is 9.10. The Hall–Kier alpha value is -0.0300. The first-order valence-electron chi connectivity index (χ1n) is 5.37. The second kappa shape index (κ2) is 5.74. The minimum Gasteiger partial charge on any atom is -0.370 e. The molecule has 0 aliphatic carbocycles. The Morgan fingerprint density at radius 1 is 1.59 bits per heavy atom. The quantitative estimate of drug-likeness (QED) is 0.773. The predicted molar refractivity (Wildman–Crippen MR) is 74.2 cm³/mol. The molecule has 1 aromatic rings. The summed E-state index contributed by atoms with van der Waals surface area (Å²) in [6.45, 7) is 3.59. The maximum Gasteiger partial charge on any atom is 0.143 e. The summed E-state index contributed by atoms with van der Waals surface area (Å²) < 4.78 is 6.60. The van der Waals surface area contributed by atoms with Crippen LogP contribution in [0, 0.1) is 0 Å². The topological polar surface area (TPSA) is 25.4 Å². The summed E-state index contributed by atoms with van der Waals surface area (Å²) in [5.74, 6) is 1.38. The van der Waals surface area contributed by atoms with E-state index >= 15 is 0 Å². The van der Waals surface area contributed by atoms with Gasteiger partial charge < -0.3 is 9.64 Å². The summed E-state index contributed by atoms with van der Waals surface area (Å²) in [6, 6.07) is 1.85. The summed E-state index contributed by atoms with van der Waals surface area (Å²) >= 11 is 15.2. The van der Waals surface area contributed by atoms with Gasteiger partial charge in [0.1, 0.15) is 5.82 Å². The third-order valence-corrected chi connectivity index (χ3v) is 3.72. The SMILES string of the molecule is CC1CN(c2ncc(Cl)cc2Br)CC(CCl)O1. The zero-order valence-corrected chi connectivity index (χ0v) is 12.5. The molecule has 0 N–H and O–H groups in total. The van der Waals surface area contributed by atoms with E-state index in [1.54, 1.807) is 6.20 Å². The molecule has 94 valence electrons. The van der Waals surface area contributed by atoms with E-state index in [2.05, 4.69) is 25.8 Å². The van der Waals surface area contributed by atoms with E-state index in [4.69, 9.17) is 27.9 Å². The minimum atomic E-state index is 0.0461. The molecule has 2 rings (SSSR count). The molecule has 1 aliphatic rings. The standard InChI is InChI=1S/C11H13BrCl2N2O/c1-7-5-16(6-9(3-13)17-7)11-10(12)2-8(14)4-15-11/h2,4,7,9H,3,5-6H2,1H3. The Bertz CT molecular complexity index is 405. The number of rotatable bonds is 2. The van der Waals surface area contributed by atoms with Crippen molar-refractivity contribution < 1.29 is 4.74 Å². The fourth-order valence-corrected chi connectivity index (χ4v) is 3.00. The van der Waals surface area contributed by atoms with Gasteiger partial charge in [-0.15, -0.1) is 11.6 Å². The number of nitrogens with zero attached hydrogens (tertiary/aromatic N) is 2. The van der Waals surface area contributed by atoms with Crippen LogP contribution in [0.2, 0.25) is 5.02 Å². The van der Waals surface area contributed by atoms with Gasteiger partial charge in [-0.2, -0.15) is 0 Å². The monoisotopic (exact) mass is 338 g/mol. The van der Waals surface area contributed by atoms with Crippen LogP contribution in [0.3, 0.4) is 0 Å². The lowest BCUT2D eigenvalue weighted by Crippen LogP contribution is -2.47. The number of morpholine rings is 1. The van der Waals surface area contributed by atoms with E-state index < -0.39 is 0 Å². The first-order chi connectivity index (χ1) is 8.10. The molecule has 2 unspecified atom stereocenters.